The summed E-state index contributed by atoms with van der Waals surface area (Å²) < 4.78 is 6.46. The SMILES string of the molecule is c1ccc(-c2c3ccccc3c(-c3ccc4oc5cc6ccccc6c6ccc3c4c56)c3ccccc23)cc1. The summed E-state index contributed by atoms with van der Waals surface area (Å²) in [6, 6.07) is 48.3. The van der Waals surface area contributed by atoms with E-state index in [4.69, 9.17) is 4.42 Å². The predicted octanol–water partition coefficient (Wildman–Crippen LogP) is 11.0. The molecule has 0 saturated carbocycles. The first-order chi connectivity index (χ1) is 19.4. The first kappa shape index (κ1) is 20.9. The van der Waals surface area contributed by atoms with Gasteiger partial charge in [0.15, 0.2) is 0 Å². The molecular formula is C38H22O. The Morgan fingerprint density at radius 2 is 0.923 bits per heavy atom. The average molecular weight is 495 g/mol. The molecule has 0 bridgehead atoms. The molecule has 9 rings (SSSR count). The Morgan fingerprint density at radius 3 is 1.64 bits per heavy atom. The van der Waals surface area contributed by atoms with Crippen molar-refractivity contribution in [2.45, 2.75) is 0 Å². The molecule has 1 aromatic heterocycles. The average Bonchev–Trinajstić information content (AvgIpc) is 3.38. The van der Waals surface area contributed by atoms with Crippen molar-refractivity contribution in [3.63, 3.8) is 0 Å². The Labute approximate surface area is 224 Å². The van der Waals surface area contributed by atoms with E-state index in [9.17, 15) is 0 Å². The Kier molecular flexibility index (Phi) is 4.11. The van der Waals surface area contributed by atoms with Crippen LogP contribution in [0.4, 0.5) is 0 Å². The number of rotatable bonds is 2. The lowest BCUT2D eigenvalue weighted by Crippen LogP contribution is -1.91. The molecule has 0 unspecified atom stereocenters. The minimum Gasteiger partial charge on any atom is -0.456 e. The van der Waals surface area contributed by atoms with E-state index < -0.39 is 0 Å². The Bertz CT molecular complexity index is 2320. The standard InChI is InChI=1S/C38H22O/c1-2-10-23(11-3-1)35-26-14-6-8-16-28(26)36(29-17-9-7-15-27(29)35)31-20-21-33-37-32(31)19-18-30-25-13-5-4-12-24(25)22-34(39-33)38(30)37/h1-22H. The summed E-state index contributed by atoms with van der Waals surface area (Å²) in [5.74, 6) is 0. The van der Waals surface area contributed by atoms with Crippen molar-refractivity contribution < 1.29 is 4.42 Å². The summed E-state index contributed by atoms with van der Waals surface area (Å²) in [6.45, 7) is 0. The normalized spacial score (nSPS) is 12.1. The Morgan fingerprint density at radius 1 is 0.359 bits per heavy atom. The van der Waals surface area contributed by atoms with Crippen molar-refractivity contribution in [1.29, 1.82) is 0 Å². The van der Waals surface area contributed by atoms with Gasteiger partial charge in [0.1, 0.15) is 11.2 Å². The van der Waals surface area contributed by atoms with Crippen LogP contribution in [0, 0.1) is 0 Å². The van der Waals surface area contributed by atoms with Crippen molar-refractivity contribution in [2.24, 2.45) is 0 Å². The van der Waals surface area contributed by atoms with Gasteiger partial charge >= 0.3 is 0 Å². The van der Waals surface area contributed by atoms with Crippen molar-refractivity contribution in [1.82, 2.24) is 0 Å². The summed E-state index contributed by atoms with van der Waals surface area (Å²) in [6.07, 6.45) is 0. The molecule has 9 aromatic rings. The van der Waals surface area contributed by atoms with E-state index in [2.05, 4.69) is 133 Å². The summed E-state index contributed by atoms with van der Waals surface area (Å²) in [7, 11) is 0. The molecule has 0 aliphatic heterocycles. The third-order valence-corrected chi connectivity index (χ3v) is 8.41. The lowest BCUT2D eigenvalue weighted by atomic mass is 9.84. The number of hydrogen-bond acceptors (Lipinski definition) is 1. The molecule has 0 fully saturated rings. The molecule has 1 nitrogen and oxygen atoms in total. The third kappa shape index (κ3) is 2.79. The van der Waals surface area contributed by atoms with Crippen LogP contribution in [-0.2, 0) is 0 Å². The molecular weight excluding hydrogens is 472 g/mol. The van der Waals surface area contributed by atoms with E-state index in [1.54, 1.807) is 0 Å². The van der Waals surface area contributed by atoms with Gasteiger partial charge in [0.25, 0.3) is 0 Å². The molecule has 39 heavy (non-hydrogen) atoms. The minimum absolute atomic E-state index is 0.944. The van der Waals surface area contributed by atoms with E-state index in [0.29, 0.717) is 0 Å². The molecule has 0 amide bonds. The quantitative estimate of drug-likeness (QED) is 0.172. The smallest absolute Gasteiger partial charge is 0.136 e. The molecule has 0 spiro atoms. The molecule has 1 heteroatoms. The zero-order valence-corrected chi connectivity index (χ0v) is 21.1. The van der Waals surface area contributed by atoms with Crippen LogP contribution < -0.4 is 0 Å². The van der Waals surface area contributed by atoms with E-state index in [1.807, 2.05) is 0 Å². The fourth-order valence-electron chi connectivity index (χ4n) is 6.81. The zero-order chi connectivity index (χ0) is 25.5. The minimum atomic E-state index is 0.944. The molecule has 0 saturated heterocycles. The van der Waals surface area contributed by atoms with Crippen LogP contribution in [-0.4, -0.2) is 0 Å². The van der Waals surface area contributed by atoms with Gasteiger partial charge in [-0.25, -0.2) is 0 Å². The molecule has 8 aromatic carbocycles. The van der Waals surface area contributed by atoms with Crippen LogP contribution >= 0.6 is 0 Å². The molecule has 180 valence electrons. The van der Waals surface area contributed by atoms with Crippen molar-refractivity contribution in [3.05, 3.63) is 133 Å². The summed E-state index contributed by atoms with van der Waals surface area (Å²) in [5.41, 5.74) is 6.95. The second-order valence-electron chi connectivity index (χ2n) is 10.4. The van der Waals surface area contributed by atoms with Crippen LogP contribution in [0.1, 0.15) is 0 Å². The van der Waals surface area contributed by atoms with Crippen LogP contribution in [0.5, 0.6) is 0 Å². The molecule has 0 N–H and O–H groups in total. The highest BCUT2D eigenvalue weighted by atomic mass is 16.3. The van der Waals surface area contributed by atoms with Gasteiger partial charge in [0.05, 0.1) is 0 Å². The lowest BCUT2D eigenvalue weighted by molar-refractivity contribution is 0.670. The first-order valence-corrected chi connectivity index (χ1v) is 13.4. The highest BCUT2D eigenvalue weighted by molar-refractivity contribution is 6.31. The number of fused-ring (bicyclic) bond motifs is 4. The predicted molar refractivity (Wildman–Crippen MR) is 166 cm³/mol. The largest absolute Gasteiger partial charge is 0.456 e. The fourth-order valence-corrected chi connectivity index (χ4v) is 6.81. The number of furan rings is 1. The second kappa shape index (κ2) is 7.69. The molecule has 1 heterocycles. The van der Waals surface area contributed by atoms with Crippen LogP contribution in [0.2, 0.25) is 0 Å². The van der Waals surface area contributed by atoms with Gasteiger partial charge in [0.2, 0.25) is 0 Å². The van der Waals surface area contributed by atoms with Crippen molar-refractivity contribution in [2.75, 3.05) is 0 Å². The van der Waals surface area contributed by atoms with Crippen molar-refractivity contribution >= 4 is 65.0 Å². The van der Waals surface area contributed by atoms with Crippen LogP contribution in [0.3, 0.4) is 0 Å². The zero-order valence-electron chi connectivity index (χ0n) is 21.1. The van der Waals surface area contributed by atoms with Crippen LogP contribution in [0.25, 0.3) is 87.3 Å². The molecule has 0 radical (unpaired) electrons. The number of hydrogen-bond donors (Lipinski definition) is 0. The maximum absolute atomic E-state index is 6.46. The Balaban J connectivity index is 1.46. The van der Waals surface area contributed by atoms with Gasteiger partial charge < -0.3 is 4.42 Å². The van der Waals surface area contributed by atoms with E-state index in [1.165, 1.54) is 76.1 Å². The maximum Gasteiger partial charge on any atom is 0.136 e. The fraction of sp³-hybridized carbons (Fsp3) is 0. The van der Waals surface area contributed by atoms with Crippen LogP contribution in [0.15, 0.2) is 138 Å². The summed E-state index contributed by atoms with van der Waals surface area (Å²) >= 11 is 0. The molecule has 0 atom stereocenters. The molecule has 0 aliphatic rings. The van der Waals surface area contributed by atoms with Gasteiger partial charge in [0, 0.05) is 10.8 Å². The second-order valence-corrected chi connectivity index (χ2v) is 10.4. The third-order valence-electron chi connectivity index (χ3n) is 8.41. The van der Waals surface area contributed by atoms with E-state index >= 15 is 0 Å². The Hall–Kier alpha value is -5.14. The van der Waals surface area contributed by atoms with Gasteiger partial charge in [-0.2, -0.15) is 0 Å². The highest BCUT2D eigenvalue weighted by Gasteiger charge is 2.21. The van der Waals surface area contributed by atoms with Gasteiger partial charge in [-0.1, -0.05) is 115 Å². The number of benzene rings is 8. The van der Waals surface area contributed by atoms with E-state index in [-0.39, 0.29) is 0 Å². The topological polar surface area (TPSA) is 13.1 Å². The van der Waals surface area contributed by atoms with E-state index in [0.717, 1.165) is 11.2 Å². The van der Waals surface area contributed by atoms with Gasteiger partial charge in [-0.05, 0) is 83.5 Å². The van der Waals surface area contributed by atoms with Gasteiger partial charge in [-0.3, -0.25) is 0 Å². The highest BCUT2D eigenvalue weighted by Crippen LogP contribution is 2.48. The van der Waals surface area contributed by atoms with Gasteiger partial charge in [-0.15, -0.1) is 0 Å². The van der Waals surface area contributed by atoms with Crippen molar-refractivity contribution in [3.8, 4) is 22.3 Å². The lowest BCUT2D eigenvalue weighted by Gasteiger charge is -2.18. The summed E-state index contributed by atoms with van der Waals surface area (Å²) in [5, 5.41) is 12.5. The summed E-state index contributed by atoms with van der Waals surface area (Å²) in [4.78, 5) is 0. The first-order valence-electron chi connectivity index (χ1n) is 13.4. The molecule has 0 aliphatic carbocycles. The maximum atomic E-state index is 6.46. The monoisotopic (exact) mass is 494 g/mol.